The van der Waals surface area contributed by atoms with Crippen molar-refractivity contribution in [1.82, 2.24) is 15.0 Å². The molecule has 0 radical (unpaired) electrons. The third-order valence-electron chi connectivity index (χ3n) is 3.74. The zero-order valence-corrected chi connectivity index (χ0v) is 13.7. The molecule has 0 amide bonds. The quantitative estimate of drug-likeness (QED) is 0.738. The Morgan fingerprint density at radius 3 is 2.39 bits per heavy atom. The summed E-state index contributed by atoms with van der Waals surface area (Å²) in [6.45, 7) is 3.34. The van der Waals surface area contributed by atoms with Gasteiger partial charge in [-0.25, -0.2) is 13.1 Å². The zero-order chi connectivity index (χ0) is 16.5. The highest BCUT2D eigenvalue weighted by Crippen LogP contribution is 2.27. The number of benzene rings is 2. The van der Waals surface area contributed by atoms with Crippen molar-refractivity contribution in [2.75, 3.05) is 0 Å². The Kier molecular flexibility index (Phi) is 3.77. The minimum Gasteiger partial charge on any atom is -0.223 e. The first-order valence-corrected chi connectivity index (χ1v) is 8.69. The van der Waals surface area contributed by atoms with Gasteiger partial charge in [-0.05, 0) is 44.2 Å². The summed E-state index contributed by atoms with van der Waals surface area (Å²) >= 11 is 0. The summed E-state index contributed by atoms with van der Waals surface area (Å²) < 4.78 is 26.1. The van der Waals surface area contributed by atoms with Crippen LogP contribution in [0, 0.1) is 0 Å². The molecule has 0 unspecified atom stereocenters. The van der Waals surface area contributed by atoms with Crippen molar-refractivity contribution in [2.45, 2.75) is 23.5 Å². The highest BCUT2D eigenvalue weighted by atomic mass is 32.2. The van der Waals surface area contributed by atoms with Crippen LogP contribution in [-0.4, -0.2) is 28.2 Å². The molecule has 0 saturated heterocycles. The van der Waals surface area contributed by atoms with E-state index in [0.29, 0.717) is 4.90 Å². The van der Waals surface area contributed by atoms with Crippen LogP contribution >= 0.6 is 0 Å². The van der Waals surface area contributed by atoms with Crippen molar-refractivity contribution in [1.29, 1.82) is 0 Å². The number of nitrogens with zero attached hydrogens (tertiary/aromatic N) is 3. The van der Waals surface area contributed by atoms with E-state index in [1.807, 2.05) is 24.3 Å². The minimum absolute atomic E-state index is 0.304. The lowest BCUT2D eigenvalue weighted by Gasteiger charge is -2.20. The van der Waals surface area contributed by atoms with Gasteiger partial charge in [-0.1, -0.05) is 35.5 Å². The summed E-state index contributed by atoms with van der Waals surface area (Å²) in [5.74, 6) is 0. The lowest BCUT2D eigenvalue weighted by atomic mass is 10.2. The van der Waals surface area contributed by atoms with Gasteiger partial charge in [-0.15, -0.1) is 5.10 Å². The number of hydrogen-bond acceptors (Lipinski definition) is 4. The van der Waals surface area contributed by atoms with Crippen LogP contribution in [-0.2, 0) is 9.84 Å². The number of fused-ring (bicyclic) bond motifs is 1. The Bertz CT molecular complexity index is 958. The Balaban J connectivity index is 1.97. The van der Waals surface area contributed by atoms with Gasteiger partial charge in [0.1, 0.15) is 5.52 Å². The molecule has 0 atom stereocenters. The van der Waals surface area contributed by atoms with E-state index in [2.05, 4.69) is 10.3 Å². The maximum atomic E-state index is 12.8. The van der Waals surface area contributed by atoms with Gasteiger partial charge >= 0.3 is 0 Å². The third-order valence-corrected chi connectivity index (χ3v) is 6.15. The van der Waals surface area contributed by atoms with Crippen molar-refractivity contribution < 1.29 is 8.42 Å². The zero-order valence-electron chi connectivity index (χ0n) is 12.9. The van der Waals surface area contributed by atoms with Crippen LogP contribution in [0.25, 0.3) is 17.2 Å². The first-order valence-electron chi connectivity index (χ1n) is 7.21. The normalized spacial score (nSPS) is 13.0. The maximum Gasteiger partial charge on any atom is 0.187 e. The van der Waals surface area contributed by atoms with Crippen LogP contribution in [0.15, 0.2) is 65.6 Å². The first kappa shape index (κ1) is 15.4. The minimum atomic E-state index is -3.49. The lowest BCUT2D eigenvalue weighted by molar-refractivity contribution is 0.572. The summed E-state index contributed by atoms with van der Waals surface area (Å²) in [7, 11) is -3.49. The SMILES string of the molecule is CC(C)(C=Cn1nnc2ccccc21)S(=O)(=O)c1ccccc1. The summed E-state index contributed by atoms with van der Waals surface area (Å²) in [5, 5.41) is 8.09. The van der Waals surface area contributed by atoms with Gasteiger partial charge < -0.3 is 0 Å². The molecule has 118 valence electrons. The largest absolute Gasteiger partial charge is 0.223 e. The molecule has 2 aromatic carbocycles. The average Bonchev–Trinajstić information content (AvgIpc) is 2.97. The van der Waals surface area contributed by atoms with Gasteiger partial charge in [-0.3, -0.25) is 0 Å². The van der Waals surface area contributed by atoms with E-state index in [4.69, 9.17) is 0 Å². The summed E-state index contributed by atoms with van der Waals surface area (Å²) in [6.07, 6.45) is 3.28. The Morgan fingerprint density at radius 1 is 1.00 bits per heavy atom. The fourth-order valence-corrected chi connectivity index (χ4v) is 3.60. The molecule has 0 aliphatic rings. The second-order valence-corrected chi connectivity index (χ2v) is 8.29. The summed E-state index contributed by atoms with van der Waals surface area (Å²) in [4.78, 5) is 0.304. The van der Waals surface area contributed by atoms with E-state index in [1.54, 1.807) is 61.1 Å². The molecule has 1 heterocycles. The molecule has 5 nitrogen and oxygen atoms in total. The molecule has 6 heteroatoms. The molecule has 0 bridgehead atoms. The highest BCUT2D eigenvalue weighted by Gasteiger charge is 2.33. The third kappa shape index (κ3) is 2.77. The van der Waals surface area contributed by atoms with Gasteiger partial charge in [0, 0.05) is 6.20 Å². The van der Waals surface area contributed by atoms with Crippen LogP contribution in [0.4, 0.5) is 0 Å². The standard InChI is InChI=1S/C17H17N3O2S/c1-17(2,23(21,22)14-8-4-3-5-9-14)12-13-20-16-11-7-6-10-15(16)18-19-20/h3-13H,1-2H3. The number of sulfone groups is 1. The Hall–Kier alpha value is -2.47. The van der Waals surface area contributed by atoms with E-state index in [1.165, 1.54) is 0 Å². The summed E-state index contributed by atoms with van der Waals surface area (Å²) in [5.41, 5.74) is 1.59. The van der Waals surface area contributed by atoms with E-state index >= 15 is 0 Å². The van der Waals surface area contributed by atoms with Crippen LogP contribution in [0.2, 0.25) is 0 Å². The van der Waals surface area contributed by atoms with E-state index < -0.39 is 14.6 Å². The molecular weight excluding hydrogens is 310 g/mol. The Morgan fingerprint density at radius 2 is 1.65 bits per heavy atom. The topological polar surface area (TPSA) is 64.8 Å². The molecule has 0 aliphatic heterocycles. The molecule has 3 aromatic rings. The van der Waals surface area contributed by atoms with Gasteiger partial charge in [0.2, 0.25) is 0 Å². The van der Waals surface area contributed by atoms with Crippen LogP contribution in [0.3, 0.4) is 0 Å². The van der Waals surface area contributed by atoms with Gasteiger partial charge in [0.05, 0.1) is 15.2 Å². The second-order valence-electron chi connectivity index (χ2n) is 5.76. The molecule has 0 aliphatic carbocycles. The average molecular weight is 327 g/mol. The predicted octanol–water partition coefficient (Wildman–Crippen LogP) is 3.15. The van der Waals surface area contributed by atoms with Crippen molar-refractivity contribution in [3.05, 3.63) is 60.7 Å². The molecular formula is C17H17N3O2S. The number of aromatic nitrogens is 3. The molecule has 0 fully saturated rings. The lowest BCUT2D eigenvalue weighted by Crippen LogP contribution is -2.29. The molecule has 23 heavy (non-hydrogen) atoms. The second kappa shape index (κ2) is 5.62. The highest BCUT2D eigenvalue weighted by molar-refractivity contribution is 7.93. The number of hydrogen-bond donors (Lipinski definition) is 0. The van der Waals surface area contributed by atoms with Crippen LogP contribution in [0.5, 0.6) is 0 Å². The Labute approximate surface area is 135 Å². The molecule has 0 N–H and O–H groups in total. The van der Waals surface area contributed by atoms with Crippen molar-refractivity contribution in [2.24, 2.45) is 0 Å². The maximum absolute atomic E-state index is 12.8. The van der Waals surface area contributed by atoms with Crippen molar-refractivity contribution in [3.8, 4) is 0 Å². The monoisotopic (exact) mass is 327 g/mol. The van der Waals surface area contributed by atoms with Crippen LogP contribution in [0.1, 0.15) is 13.8 Å². The first-order chi connectivity index (χ1) is 10.9. The molecule has 0 spiro atoms. The van der Waals surface area contributed by atoms with Crippen LogP contribution < -0.4 is 0 Å². The molecule has 0 saturated carbocycles. The van der Waals surface area contributed by atoms with E-state index in [0.717, 1.165) is 11.0 Å². The van der Waals surface area contributed by atoms with E-state index in [9.17, 15) is 8.42 Å². The van der Waals surface area contributed by atoms with Crippen molar-refractivity contribution in [3.63, 3.8) is 0 Å². The van der Waals surface area contributed by atoms with Crippen molar-refractivity contribution >= 4 is 27.1 Å². The van der Waals surface area contributed by atoms with Gasteiger partial charge in [-0.2, -0.15) is 0 Å². The number of rotatable bonds is 4. The fraction of sp³-hybridized carbons (Fsp3) is 0.176. The molecule has 1 aromatic heterocycles. The molecule has 3 rings (SSSR count). The van der Waals surface area contributed by atoms with Gasteiger partial charge in [0.15, 0.2) is 9.84 Å². The predicted molar refractivity (Wildman–Crippen MR) is 90.6 cm³/mol. The summed E-state index contributed by atoms with van der Waals surface area (Å²) in [6, 6.07) is 16.0. The van der Waals surface area contributed by atoms with Gasteiger partial charge in [0.25, 0.3) is 0 Å². The smallest absolute Gasteiger partial charge is 0.187 e. The van der Waals surface area contributed by atoms with E-state index in [-0.39, 0.29) is 0 Å². The number of para-hydroxylation sites is 1. The fourth-order valence-electron chi connectivity index (χ4n) is 2.24.